The number of amidine groups is 1. The molecule has 3 N–H and O–H groups in total. The fourth-order valence-corrected chi connectivity index (χ4v) is 4.64. The van der Waals surface area contributed by atoms with Gasteiger partial charge in [-0.3, -0.25) is 0 Å². The van der Waals surface area contributed by atoms with E-state index in [9.17, 15) is 17.6 Å². The maximum atomic E-state index is 14.6. The van der Waals surface area contributed by atoms with Crippen molar-refractivity contribution in [1.82, 2.24) is 19.7 Å². The number of piperidine rings is 1. The number of rotatable bonds is 3. The third kappa shape index (κ3) is 5.26. The molecule has 0 bridgehead atoms. The van der Waals surface area contributed by atoms with Crippen LogP contribution in [0.2, 0.25) is 0 Å². The van der Waals surface area contributed by atoms with Gasteiger partial charge in [0.25, 0.3) is 0 Å². The van der Waals surface area contributed by atoms with Gasteiger partial charge in [-0.15, -0.1) is 5.10 Å². The number of benzene rings is 1. The number of aryl methyl sites for hydroxylation is 1. The van der Waals surface area contributed by atoms with E-state index in [1.54, 1.807) is 11.6 Å². The molecule has 1 aromatic heterocycles. The number of aromatic nitrogens is 3. The van der Waals surface area contributed by atoms with Gasteiger partial charge in [-0.2, -0.15) is 18.2 Å². The van der Waals surface area contributed by atoms with Gasteiger partial charge in [-0.05, 0) is 62.5 Å². The number of aliphatic imine (C=N–C) groups is 1. The van der Waals surface area contributed by atoms with Gasteiger partial charge in [-0.25, -0.2) is 14.1 Å². The molecule has 12 heteroatoms. The average molecular weight is 484 g/mol. The third-order valence-electron chi connectivity index (χ3n) is 5.95. The highest BCUT2D eigenvalue weighted by Gasteiger charge is 2.34. The van der Waals surface area contributed by atoms with Crippen molar-refractivity contribution >= 4 is 29.1 Å². The van der Waals surface area contributed by atoms with Crippen LogP contribution in [0, 0.1) is 5.82 Å². The van der Waals surface area contributed by atoms with Crippen LogP contribution in [0.4, 0.5) is 23.5 Å². The number of halogens is 4. The average Bonchev–Trinajstić information content (AvgIpc) is 3.15. The van der Waals surface area contributed by atoms with E-state index in [2.05, 4.69) is 20.4 Å². The summed E-state index contributed by atoms with van der Waals surface area (Å²) in [5.74, 6) is 0.113. The molecule has 0 aliphatic carbocycles. The standard InChI is InChI=1S/C21H25F4N7S/c1-12(26)27-20(33)31-9-6-14(7-10-31)28-19-29-18-16(3-2-8-32(18)30-19)15-5-4-13(11-17(15)22)21(23,24)25/h4-5,11,14,16H,2-3,6-10H2,1H3,(H,28,30)(H2,26,27,33). The summed E-state index contributed by atoms with van der Waals surface area (Å²) >= 11 is 5.29. The number of likely N-dealkylation sites (tertiary alicyclic amines) is 1. The molecule has 1 aromatic carbocycles. The van der Waals surface area contributed by atoms with Gasteiger partial charge in [0, 0.05) is 31.6 Å². The summed E-state index contributed by atoms with van der Waals surface area (Å²) in [6.07, 6.45) is -1.65. The quantitative estimate of drug-likeness (QED) is 0.298. The molecule has 1 unspecified atom stereocenters. The van der Waals surface area contributed by atoms with Crippen molar-refractivity contribution in [3.63, 3.8) is 0 Å². The summed E-state index contributed by atoms with van der Waals surface area (Å²) in [4.78, 5) is 10.7. The molecule has 2 aliphatic heterocycles. The highest BCUT2D eigenvalue weighted by molar-refractivity contribution is 7.80. The highest BCUT2D eigenvalue weighted by atomic mass is 32.1. The number of nitrogens with zero attached hydrogens (tertiary/aromatic N) is 5. The van der Waals surface area contributed by atoms with Gasteiger partial charge in [0.2, 0.25) is 5.95 Å². The summed E-state index contributed by atoms with van der Waals surface area (Å²) in [6, 6.07) is 2.82. The minimum Gasteiger partial charge on any atom is -0.387 e. The predicted octanol–water partition coefficient (Wildman–Crippen LogP) is 3.90. The molecule has 2 aliphatic rings. The van der Waals surface area contributed by atoms with E-state index < -0.39 is 23.5 Å². The molecule has 1 saturated heterocycles. The fourth-order valence-electron chi connectivity index (χ4n) is 4.31. The second-order valence-corrected chi connectivity index (χ2v) is 8.75. The number of nitrogens with two attached hydrogens (primary N) is 1. The van der Waals surface area contributed by atoms with Crippen LogP contribution in [0.1, 0.15) is 55.5 Å². The lowest BCUT2D eigenvalue weighted by Crippen LogP contribution is -2.41. The summed E-state index contributed by atoms with van der Waals surface area (Å²) in [6.45, 7) is 3.77. The molecule has 1 atom stereocenters. The second kappa shape index (κ2) is 9.24. The molecule has 7 nitrogen and oxygen atoms in total. The molecule has 0 saturated carbocycles. The first kappa shape index (κ1) is 23.4. The Bertz CT molecular complexity index is 1050. The summed E-state index contributed by atoms with van der Waals surface area (Å²) in [5, 5.41) is 8.33. The number of hydrogen-bond donors (Lipinski definition) is 2. The van der Waals surface area contributed by atoms with Crippen LogP contribution < -0.4 is 11.1 Å². The number of fused-ring (bicyclic) bond motifs is 1. The summed E-state index contributed by atoms with van der Waals surface area (Å²) in [7, 11) is 0. The minimum atomic E-state index is -4.59. The minimum absolute atomic E-state index is 0.137. The predicted molar refractivity (Wildman–Crippen MR) is 121 cm³/mol. The summed E-state index contributed by atoms with van der Waals surface area (Å²) in [5.41, 5.74) is 4.81. The number of anilines is 1. The van der Waals surface area contributed by atoms with Crippen LogP contribution in [0.3, 0.4) is 0 Å². The normalized spacial score (nSPS) is 20.0. The first-order chi connectivity index (χ1) is 15.6. The summed E-state index contributed by atoms with van der Waals surface area (Å²) < 4.78 is 55.1. The molecule has 1 fully saturated rings. The van der Waals surface area contributed by atoms with E-state index in [1.165, 1.54) is 6.07 Å². The van der Waals surface area contributed by atoms with Crippen LogP contribution >= 0.6 is 12.2 Å². The Hall–Kier alpha value is -2.76. The molecule has 0 amide bonds. The zero-order valence-electron chi connectivity index (χ0n) is 18.1. The maximum Gasteiger partial charge on any atom is 0.416 e. The van der Waals surface area contributed by atoms with E-state index in [-0.39, 0.29) is 11.6 Å². The molecule has 0 radical (unpaired) electrons. The third-order valence-corrected chi connectivity index (χ3v) is 6.30. The molecule has 2 aromatic rings. The van der Waals surface area contributed by atoms with Gasteiger partial charge in [0.05, 0.1) is 11.4 Å². The fraction of sp³-hybridized carbons (Fsp3) is 0.524. The monoisotopic (exact) mass is 483 g/mol. The maximum absolute atomic E-state index is 14.6. The van der Waals surface area contributed by atoms with Crippen molar-refractivity contribution in [1.29, 1.82) is 0 Å². The van der Waals surface area contributed by atoms with Crippen LogP contribution in [-0.2, 0) is 12.7 Å². The zero-order chi connectivity index (χ0) is 23.8. The van der Waals surface area contributed by atoms with Gasteiger partial charge in [-0.1, -0.05) is 6.07 Å². The highest BCUT2D eigenvalue weighted by Crippen LogP contribution is 2.37. The van der Waals surface area contributed by atoms with Gasteiger partial charge in [0.1, 0.15) is 11.6 Å². The number of nitrogens with one attached hydrogen (secondary N) is 1. The Labute approximate surface area is 194 Å². The van der Waals surface area contributed by atoms with Crippen molar-refractivity contribution < 1.29 is 17.6 Å². The first-order valence-electron chi connectivity index (χ1n) is 10.8. The number of hydrogen-bond acceptors (Lipinski definition) is 4. The number of alkyl halides is 3. The van der Waals surface area contributed by atoms with E-state index in [0.717, 1.165) is 38.4 Å². The largest absolute Gasteiger partial charge is 0.416 e. The molecule has 3 heterocycles. The number of thiocarbonyl (C=S) groups is 1. The Morgan fingerprint density at radius 3 is 2.58 bits per heavy atom. The molecular formula is C21H25F4N7S. The van der Waals surface area contributed by atoms with Gasteiger partial charge < -0.3 is 16.0 Å². The molecule has 178 valence electrons. The van der Waals surface area contributed by atoms with E-state index >= 15 is 0 Å². The SMILES string of the molecule is CC(N)=NC(=S)N1CCC(Nc2nc3n(n2)CCCC3c2ccc(C(F)(F)F)cc2F)CC1. The van der Waals surface area contributed by atoms with Crippen LogP contribution in [-0.4, -0.2) is 49.7 Å². The molecular weight excluding hydrogens is 458 g/mol. The second-order valence-electron chi connectivity index (χ2n) is 8.39. The lowest BCUT2D eigenvalue weighted by Gasteiger charge is -2.32. The molecule has 4 rings (SSSR count). The van der Waals surface area contributed by atoms with Crippen molar-refractivity contribution in [2.24, 2.45) is 10.7 Å². The lowest BCUT2D eigenvalue weighted by molar-refractivity contribution is -0.137. The smallest absolute Gasteiger partial charge is 0.387 e. The van der Waals surface area contributed by atoms with Crippen molar-refractivity contribution in [3.05, 3.63) is 41.0 Å². The Morgan fingerprint density at radius 2 is 1.94 bits per heavy atom. The van der Waals surface area contributed by atoms with Crippen LogP contribution in [0.15, 0.2) is 23.2 Å². The molecule has 33 heavy (non-hydrogen) atoms. The van der Waals surface area contributed by atoms with Crippen LogP contribution in [0.5, 0.6) is 0 Å². The van der Waals surface area contributed by atoms with Gasteiger partial charge >= 0.3 is 6.18 Å². The van der Waals surface area contributed by atoms with Crippen molar-refractivity contribution in [3.8, 4) is 0 Å². The lowest BCUT2D eigenvalue weighted by atomic mass is 9.90. The van der Waals surface area contributed by atoms with Crippen LogP contribution in [0.25, 0.3) is 0 Å². The first-order valence-corrected chi connectivity index (χ1v) is 11.2. The van der Waals surface area contributed by atoms with Crippen molar-refractivity contribution in [2.45, 2.75) is 57.3 Å². The zero-order valence-corrected chi connectivity index (χ0v) is 18.9. The molecule has 0 spiro atoms. The van der Waals surface area contributed by atoms with E-state index in [1.807, 2.05) is 4.90 Å². The Morgan fingerprint density at radius 1 is 1.21 bits per heavy atom. The van der Waals surface area contributed by atoms with E-state index in [0.29, 0.717) is 41.8 Å². The van der Waals surface area contributed by atoms with Crippen molar-refractivity contribution in [2.75, 3.05) is 18.4 Å². The Kier molecular flexibility index (Phi) is 6.55. The van der Waals surface area contributed by atoms with E-state index in [4.69, 9.17) is 18.0 Å². The topological polar surface area (TPSA) is 84.4 Å². The Balaban J connectivity index is 1.46. The van der Waals surface area contributed by atoms with Gasteiger partial charge in [0.15, 0.2) is 5.11 Å².